The molecule has 1 saturated heterocycles. The van der Waals surface area contributed by atoms with Crippen molar-refractivity contribution >= 4 is 21.7 Å². The minimum Gasteiger partial charge on any atom is -0.382 e. The Morgan fingerprint density at radius 3 is 2.90 bits per heavy atom. The number of hydrogen-bond donors (Lipinski definition) is 1. The third-order valence-corrected chi connectivity index (χ3v) is 6.27. The summed E-state index contributed by atoms with van der Waals surface area (Å²) >= 11 is 3.44. The summed E-state index contributed by atoms with van der Waals surface area (Å²) in [6, 6.07) is 7.71. The number of hydrogen-bond acceptors (Lipinski definition) is 6. The van der Waals surface area contributed by atoms with Gasteiger partial charge in [0.05, 0.1) is 17.7 Å². The minimum absolute atomic E-state index is 0.0145. The largest absolute Gasteiger partial charge is 0.382 e. The van der Waals surface area contributed by atoms with Crippen LogP contribution in [-0.2, 0) is 4.74 Å². The molecule has 0 radical (unpaired) electrons. The molecule has 1 aromatic carbocycles. The molecule has 1 fully saturated rings. The number of aromatic nitrogens is 1. The van der Waals surface area contributed by atoms with E-state index in [1.54, 1.807) is 6.92 Å². The van der Waals surface area contributed by atoms with Gasteiger partial charge in [-0.15, -0.1) is 0 Å². The number of aryl methyl sites for hydroxylation is 1. The Hall–Kier alpha value is -2.38. The number of nitrogens with one attached hydrogen (secondary N) is 1. The number of likely N-dealkylation sites (tertiary alicyclic amines) is 1. The average molecular weight is 472 g/mol. The van der Waals surface area contributed by atoms with E-state index >= 15 is 0 Å². The number of Topliss-reactive ketones (excluding diaryl/α,β-unsaturated/α-hetero) is 1. The van der Waals surface area contributed by atoms with Gasteiger partial charge in [-0.25, -0.2) is 0 Å². The summed E-state index contributed by atoms with van der Waals surface area (Å²) in [6.45, 7) is 10.6. The molecule has 2 aromatic rings. The minimum atomic E-state index is -0.0527. The summed E-state index contributed by atoms with van der Waals surface area (Å²) in [4.78, 5) is 15.6. The zero-order chi connectivity index (χ0) is 21.3. The molecule has 2 aliphatic heterocycles. The first-order valence-corrected chi connectivity index (χ1v) is 11.0. The van der Waals surface area contributed by atoms with E-state index in [9.17, 15) is 4.79 Å². The van der Waals surface area contributed by atoms with Crippen molar-refractivity contribution in [3.63, 3.8) is 0 Å². The van der Waals surface area contributed by atoms with Crippen LogP contribution in [0, 0.1) is 6.92 Å². The predicted molar refractivity (Wildman–Crippen MR) is 119 cm³/mol. The van der Waals surface area contributed by atoms with Crippen LogP contribution < -0.4 is 5.32 Å². The third-order valence-electron chi connectivity index (χ3n) is 5.74. The number of nitrogens with zero attached hydrogens (tertiary/aromatic N) is 2. The zero-order valence-electron chi connectivity index (χ0n) is 17.3. The van der Waals surface area contributed by atoms with Crippen LogP contribution in [0.4, 0.5) is 0 Å². The lowest BCUT2D eigenvalue weighted by molar-refractivity contribution is 0.0709. The number of carbonyl (C=O) groups is 1. The Kier molecular flexibility index (Phi) is 6.11. The van der Waals surface area contributed by atoms with Crippen molar-refractivity contribution in [2.24, 2.45) is 0 Å². The van der Waals surface area contributed by atoms with Gasteiger partial charge < -0.3 is 19.5 Å². The van der Waals surface area contributed by atoms with Gasteiger partial charge >= 0.3 is 0 Å². The molecule has 3 heterocycles. The molecular formula is C23H26BrN3O3. The lowest BCUT2D eigenvalue weighted by Crippen LogP contribution is -2.33. The van der Waals surface area contributed by atoms with Crippen molar-refractivity contribution in [3.8, 4) is 11.3 Å². The zero-order valence-corrected chi connectivity index (χ0v) is 18.9. The fourth-order valence-corrected chi connectivity index (χ4v) is 4.36. The van der Waals surface area contributed by atoms with Crippen LogP contribution in [-0.4, -0.2) is 47.7 Å². The maximum Gasteiger partial charge on any atom is 0.196 e. The van der Waals surface area contributed by atoms with E-state index in [2.05, 4.69) is 37.9 Å². The standard InChI is InChI=1S/C23H26BrN3O3/c1-4-29-19-9-10-27(13-19)14(2)20-11-17(12-25-20)23(28)21-15(3)30-26-22(21)16-5-7-18(24)8-6-16/h5-8,12,19-20,25H,2,4,9-11,13H2,1,3H3/t19-,20?/m1/s1. The predicted octanol–water partition coefficient (Wildman–Crippen LogP) is 4.47. The molecule has 0 spiro atoms. The summed E-state index contributed by atoms with van der Waals surface area (Å²) in [5.74, 6) is 0.475. The first-order valence-electron chi connectivity index (χ1n) is 10.2. The van der Waals surface area contributed by atoms with Crippen molar-refractivity contribution in [1.82, 2.24) is 15.4 Å². The van der Waals surface area contributed by atoms with Gasteiger partial charge in [0.25, 0.3) is 0 Å². The van der Waals surface area contributed by atoms with Gasteiger partial charge in [0.2, 0.25) is 0 Å². The first kappa shape index (κ1) is 20.9. The monoisotopic (exact) mass is 471 g/mol. The molecular weight excluding hydrogens is 446 g/mol. The molecule has 0 saturated carbocycles. The maximum atomic E-state index is 13.3. The van der Waals surface area contributed by atoms with E-state index in [0.29, 0.717) is 29.0 Å². The highest BCUT2D eigenvalue weighted by molar-refractivity contribution is 9.10. The Labute approximate surface area is 185 Å². The van der Waals surface area contributed by atoms with Gasteiger partial charge in [0.1, 0.15) is 11.5 Å². The fraction of sp³-hybridized carbons (Fsp3) is 0.391. The fourth-order valence-electron chi connectivity index (χ4n) is 4.10. The van der Waals surface area contributed by atoms with Crippen molar-refractivity contribution in [3.05, 3.63) is 64.1 Å². The van der Waals surface area contributed by atoms with Gasteiger partial charge in [-0.1, -0.05) is 39.8 Å². The topological polar surface area (TPSA) is 67.6 Å². The van der Waals surface area contributed by atoms with Crippen LogP contribution in [0.2, 0.25) is 0 Å². The lowest BCUT2D eigenvalue weighted by atomic mass is 9.96. The number of halogens is 1. The Morgan fingerprint density at radius 1 is 1.40 bits per heavy atom. The molecule has 0 aliphatic carbocycles. The first-order chi connectivity index (χ1) is 14.5. The van der Waals surface area contributed by atoms with Crippen LogP contribution in [0.5, 0.6) is 0 Å². The molecule has 0 bridgehead atoms. The summed E-state index contributed by atoms with van der Waals surface area (Å²) in [7, 11) is 0. The maximum absolute atomic E-state index is 13.3. The molecule has 2 aliphatic rings. The number of ether oxygens (including phenoxy) is 1. The summed E-state index contributed by atoms with van der Waals surface area (Å²) in [6.07, 6.45) is 3.68. The number of carbonyl (C=O) groups excluding carboxylic acids is 1. The molecule has 7 heteroatoms. The Morgan fingerprint density at radius 2 is 2.17 bits per heavy atom. The average Bonchev–Trinajstić information content (AvgIpc) is 3.48. The second-order valence-electron chi connectivity index (χ2n) is 7.69. The van der Waals surface area contributed by atoms with Crippen molar-refractivity contribution < 1.29 is 14.1 Å². The second-order valence-corrected chi connectivity index (χ2v) is 8.61. The van der Waals surface area contributed by atoms with Crippen LogP contribution in [0.15, 0.2) is 57.3 Å². The summed E-state index contributed by atoms with van der Waals surface area (Å²) in [5.41, 5.74) is 3.67. The quantitative estimate of drug-likeness (QED) is 0.600. The normalized spacial score (nSPS) is 20.9. The highest BCUT2D eigenvalue weighted by Gasteiger charge is 2.32. The highest BCUT2D eigenvalue weighted by atomic mass is 79.9. The van der Waals surface area contributed by atoms with E-state index in [-0.39, 0.29) is 17.9 Å². The van der Waals surface area contributed by atoms with E-state index in [1.807, 2.05) is 37.4 Å². The van der Waals surface area contributed by atoms with Crippen molar-refractivity contribution in [2.75, 3.05) is 19.7 Å². The lowest BCUT2D eigenvalue weighted by Gasteiger charge is -2.26. The van der Waals surface area contributed by atoms with Gasteiger partial charge in [-0.2, -0.15) is 0 Å². The van der Waals surface area contributed by atoms with Gasteiger partial charge in [0.15, 0.2) is 5.78 Å². The number of rotatable bonds is 7. The van der Waals surface area contributed by atoms with Crippen molar-refractivity contribution in [1.29, 1.82) is 0 Å². The van der Waals surface area contributed by atoms with Gasteiger partial charge in [0, 0.05) is 53.6 Å². The number of ketones is 1. The smallest absolute Gasteiger partial charge is 0.196 e. The van der Waals surface area contributed by atoms with Crippen LogP contribution >= 0.6 is 15.9 Å². The SMILES string of the molecule is C=C(C1CC(C(=O)c2c(-c3ccc(Br)cc3)noc2C)=CN1)N1CC[C@@H](OCC)C1. The van der Waals surface area contributed by atoms with E-state index in [0.717, 1.165) is 41.9 Å². The third kappa shape index (κ3) is 4.09. The summed E-state index contributed by atoms with van der Waals surface area (Å²) in [5, 5.41) is 7.49. The second kappa shape index (κ2) is 8.78. The molecule has 30 heavy (non-hydrogen) atoms. The van der Waals surface area contributed by atoms with Crippen LogP contribution in [0.3, 0.4) is 0 Å². The van der Waals surface area contributed by atoms with Gasteiger partial charge in [-0.05, 0) is 32.4 Å². The van der Waals surface area contributed by atoms with E-state index in [1.165, 1.54) is 0 Å². The van der Waals surface area contributed by atoms with Crippen LogP contribution in [0.25, 0.3) is 11.3 Å². The Bertz CT molecular complexity index is 980. The van der Waals surface area contributed by atoms with E-state index < -0.39 is 0 Å². The van der Waals surface area contributed by atoms with Gasteiger partial charge in [-0.3, -0.25) is 4.79 Å². The Balaban J connectivity index is 1.46. The highest BCUT2D eigenvalue weighted by Crippen LogP contribution is 2.32. The molecule has 1 unspecified atom stereocenters. The molecule has 2 atom stereocenters. The molecule has 6 nitrogen and oxygen atoms in total. The molecule has 1 N–H and O–H groups in total. The molecule has 4 rings (SSSR count). The summed E-state index contributed by atoms with van der Waals surface area (Å²) < 4.78 is 12.1. The van der Waals surface area contributed by atoms with Crippen molar-refractivity contribution in [2.45, 2.75) is 38.8 Å². The van der Waals surface area contributed by atoms with Crippen LogP contribution in [0.1, 0.15) is 35.9 Å². The van der Waals surface area contributed by atoms with E-state index in [4.69, 9.17) is 9.26 Å². The number of benzene rings is 1. The molecule has 0 amide bonds. The molecule has 1 aromatic heterocycles. The molecule has 158 valence electrons.